The van der Waals surface area contributed by atoms with Crippen LogP contribution in [0.25, 0.3) is 11.3 Å². The first-order valence-corrected chi connectivity index (χ1v) is 8.35. The molecule has 0 unspecified atom stereocenters. The standard InChI is InChI=1S/C15H11Br2F3O3/c1-2-22-14(21)10-9(13(16)17)11(8-6-4-3-5-7-8)23-12(10)15(18,19)20/h3-7,13H,2H2,1H3. The average Bonchev–Trinajstić information content (AvgIpc) is 2.89. The fourth-order valence-corrected chi connectivity index (χ4v) is 2.94. The Bertz CT molecular complexity index is 694. The molecule has 3 nitrogen and oxygen atoms in total. The number of carbonyl (C=O) groups excluding carboxylic acids is 1. The minimum atomic E-state index is -4.82. The summed E-state index contributed by atoms with van der Waals surface area (Å²) in [6.45, 7) is 1.47. The van der Waals surface area contributed by atoms with Gasteiger partial charge in [-0.2, -0.15) is 13.2 Å². The summed E-state index contributed by atoms with van der Waals surface area (Å²) < 4.78 is 49.0. The normalized spacial score (nSPS) is 11.8. The fraction of sp³-hybridized carbons (Fsp3) is 0.267. The third kappa shape index (κ3) is 3.80. The molecule has 1 aromatic heterocycles. The van der Waals surface area contributed by atoms with Crippen molar-refractivity contribution in [2.24, 2.45) is 0 Å². The smallest absolute Gasteiger partial charge is 0.450 e. The molecular weight excluding hydrogens is 445 g/mol. The third-order valence-corrected chi connectivity index (χ3v) is 3.85. The molecule has 0 aliphatic rings. The number of halogens is 5. The summed E-state index contributed by atoms with van der Waals surface area (Å²) in [5.41, 5.74) is -0.161. The molecule has 0 amide bonds. The molecule has 1 aromatic carbocycles. The minimum absolute atomic E-state index is 0.0419. The zero-order valence-corrected chi connectivity index (χ0v) is 15.0. The summed E-state index contributed by atoms with van der Waals surface area (Å²) in [6, 6.07) is 8.25. The van der Waals surface area contributed by atoms with Crippen molar-refractivity contribution in [2.45, 2.75) is 16.8 Å². The van der Waals surface area contributed by atoms with E-state index in [2.05, 4.69) is 31.9 Å². The van der Waals surface area contributed by atoms with Crippen LogP contribution in [0, 0.1) is 0 Å². The van der Waals surface area contributed by atoms with Crippen LogP contribution >= 0.6 is 31.9 Å². The largest absolute Gasteiger partial charge is 0.462 e. The van der Waals surface area contributed by atoms with Crippen LogP contribution in [0.4, 0.5) is 13.2 Å². The molecule has 0 saturated carbocycles. The van der Waals surface area contributed by atoms with Crippen LogP contribution in [0.1, 0.15) is 32.3 Å². The molecule has 0 fully saturated rings. The van der Waals surface area contributed by atoms with E-state index < -0.39 is 27.2 Å². The Hall–Kier alpha value is -1.28. The monoisotopic (exact) mass is 454 g/mol. The second kappa shape index (κ2) is 7.09. The first-order chi connectivity index (χ1) is 10.8. The lowest BCUT2D eigenvalue weighted by Crippen LogP contribution is -2.14. The van der Waals surface area contributed by atoms with Gasteiger partial charge < -0.3 is 9.15 Å². The maximum Gasteiger partial charge on any atom is 0.450 e. The van der Waals surface area contributed by atoms with Crippen LogP contribution in [-0.2, 0) is 10.9 Å². The van der Waals surface area contributed by atoms with Gasteiger partial charge in [0.1, 0.15) is 11.3 Å². The summed E-state index contributed by atoms with van der Waals surface area (Å²) in [5.74, 6) is -2.49. The quantitative estimate of drug-likeness (QED) is 0.423. The number of hydrogen-bond donors (Lipinski definition) is 0. The second-order valence-corrected chi connectivity index (χ2v) is 7.49. The first kappa shape index (κ1) is 18.1. The van der Waals surface area contributed by atoms with E-state index in [-0.39, 0.29) is 17.9 Å². The van der Waals surface area contributed by atoms with Gasteiger partial charge >= 0.3 is 12.1 Å². The molecule has 0 atom stereocenters. The molecule has 0 spiro atoms. The summed E-state index contributed by atoms with van der Waals surface area (Å²) in [6.07, 6.45) is -4.82. The third-order valence-electron chi connectivity index (χ3n) is 2.94. The summed E-state index contributed by atoms with van der Waals surface area (Å²) >= 11 is 6.33. The van der Waals surface area contributed by atoms with Crippen LogP contribution in [-0.4, -0.2) is 12.6 Å². The number of ether oxygens (including phenoxy) is 1. The molecule has 124 valence electrons. The Balaban J connectivity index is 2.76. The van der Waals surface area contributed by atoms with E-state index in [0.29, 0.717) is 5.56 Å². The zero-order valence-electron chi connectivity index (χ0n) is 11.8. The van der Waals surface area contributed by atoms with Crippen molar-refractivity contribution in [2.75, 3.05) is 6.61 Å². The van der Waals surface area contributed by atoms with E-state index in [1.807, 2.05) is 0 Å². The number of carbonyl (C=O) groups is 1. The number of alkyl halides is 5. The fourth-order valence-electron chi connectivity index (χ4n) is 2.06. The molecule has 0 aliphatic carbocycles. The van der Waals surface area contributed by atoms with Crippen LogP contribution < -0.4 is 0 Å². The van der Waals surface area contributed by atoms with Crippen molar-refractivity contribution >= 4 is 37.8 Å². The number of hydrogen-bond acceptors (Lipinski definition) is 3. The first-order valence-electron chi connectivity index (χ1n) is 6.52. The average molecular weight is 456 g/mol. The predicted octanol–water partition coefficient (Wildman–Crippen LogP) is 5.93. The molecule has 2 rings (SSSR count). The topological polar surface area (TPSA) is 39.4 Å². The van der Waals surface area contributed by atoms with Crippen LogP contribution in [0.3, 0.4) is 0 Å². The molecule has 0 aliphatic heterocycles. The molecule has 0 saturated heterocycles. The van der Waals surface area contributed by atoms with Gasteiger partial charge in [-0.1, -0.05) is 62.2 Å². The van der Waals surface area contributed by atoms with E-state index in [9.17, 15) is 18.0 Å². The van der Waals surface area contributed by atoms with Gasteiger partial charge in [-0.3, -0.25) is 0 Å². The van der Waals surface area contributed by atoms with Gasteiger partial charge in [0, 0.05) is 11.1 Å². The number of furan rings is 1. The Kier molecular flexibility index (Phi) is 5.57. The molecule has 0 N–H and O–H groups in total. The highest BCUT2D eigenvalue weighted by molar-refractivity contribution is 9.24. The lowest BCUT2D eigenvalue weighted by molar-refractivity contribution is -0.153. The van der Waals surface area contributed by atoms with Crippen molar-refractivity contribution in [3.8, 4) is 11.3 Å². The van der Waals surface area contributed by atoms with E-state index in [1.165, 1.54) is 6.92 Å². The van der Waals surface area contributed by atoms with Crippen molar-refractivity contribution in [1.82, 2.24) is 0 Å². The van der Waals surface area contributed by atoms with Crippen molar-refractivity contribution in [1.29, 1.82) is 0 Å². The Labute approximate surface area is 147 Å². The Morgan fingerprint density at radius 1 is 1.26 bits per heavy atom. The lowest BCUT2D eigenvalue weighted by atomic mass is 10.1. The SMILES string of the molecule is CCOC(=O)c1c(C(F)(F)F)oc(-c2ccccc2)c1C(Br)Br. The molecular formula is C15H11Br2F3O3. The Morgan fingerprint density at radius 2 is 1.87 bits per heavy atom. The summed E-state index contributed by atoms with van der Waals surface area (Å²) in [5, 5.41) is 0. The molecule has 0 bridgehead atoms. The maximum absolute atomic E-state index is 13.3. The zero-order chi connectivity index (χ0) is 17.2. The van der Waals surface area contributed by atoms with E-state index in [0.717, 1.165) is 0 Å². The van der Waals surface area contributed by atoms with Gasteiger partial charge in [0.15, 0.2) is 0 Å². The van der Waals surface area contributed by atoms with Gasteiger partial charge in [0.05, 0.1) is 10.3 Å². The summed E-state index contributed by atoms with van der Waals surface area (Å²) in [4.78, 5) is 12.1. The number of rotatable bonds is 4. The van der Waals surface area contributed by atoms with Crippen LogP contribution in [0.5, 0.6) is 0 Å². The van der Waals surface area contributed by atoms with Gasteiger partial charge in [0.2, 0.25) is 5.76 Å². The number of benzene rings is 1. The molecule has 8 heteroatoms. The minimum Gasteiger partial charge on any atom is -0.462 e. The highest BCUT2D eigenvalue weighted by atomic mass is 79.9. The van der Waals surface area contributed by atoms with Gasteiger partial charge in [-0.15, -0.1) is 0 Å². The van der Waals surface area contributed by atoms with Crippen molar-refractivity contribution in [3.63, 3.8) is 0 Å². The molecule has 0 radical (unpaired) electrons. The van der Waals surface area contributed by atoms with E-state index >= 15 is 0 Å². The van der Waals surface area contributed by atoms with Crippen LogP contribution in [0.2, 0.25) is 0 Å². The maximum atomic E-state index is 13.3. The van der Waals surface area contributed by atoms with Gasteiger partial charge in [-0.05, 0) is 6.92 Å². The van der Waals surface area contributed by atoms with Crippen molar-refractivity contribution < 1.29 is 27.1 Å². The second-order valence-electron chi connectivity index (χ2n) is 4.43. The number of esters is 1. The molecule has 1 heterocycles. The van der Waals surface area contributed by atoms with Crippen molar-refractivity contribution in [3.05, 3.63) is 47.2 Å². The Morgan fingerprint density at radius 3 is 2.35 bits per heavy atom. The highest BCUT2D eigenvalue weighted by Crippen LogP contribution is 2.46. The van der Waals surface area contributed by atoms with E-state index in [1.54, 1.807) is 30.3 Å². The van der Waals surface area contributed by atoms with Gasteiger partial charge in [0.25, 0.3) is 0 Å². The lowest BCUT2D eigenvalue weighted by Gasteiger charge is -2.08. The summed E-state index contributed by atoms with van der Waals surface area (Å²) in [7, 11) is 0. The van der Waals surface area contributed by atoms with E-state index in [4.69, 9.17) is 9.15 Å². The van der Waals surface area contributed by atoms with Gasteiger partial charge in [-0.25, -0.2) is 4.79 Å². The highest BCUT2D eigenvalue weighted by Gasteiger charge is 2.44. The molecule has 2 aromatic rings. The van der Waals surface area contributed by atoms with Crippen LogP contribution in [0.15, 0.2) is 34.7 Å². The molecule has 23 heavy (non-hydrogen) atoms. The predicted molar refractivity (Wildman–Crippen MR) is 85.7 cm³/mol.